The Labute approximate surface area is 174 Å². The van der Waals surface area contributed by atoms with Crippen molar-refractivity contribution in [3.63, 3.8) is 0 Å². The van der Waals surface area contributed by atoms with E-state index in [1.807, 2.05) is 12.1 Å². The summed E-state index contributed by atoms with van der Waals surface area (Å²) in [6.45, 7) is 5.34. The van der Waals surface area contributed by atoms with Crippen LogP contribution in [0.5, 0.6) is 5.75 Å². The van der Waals surface area contributed by atoms with E-state index >= 15 is 0 Å². The highest BCUT2D eigenvalue weighted by molar-refractivity contribution is 5.95. The third-order valence-electron chi connectivity index (χ3n) is 5.80. The van der Waals surface area contributed by atoms with E-state index in [1.54, 1.807) is 6.07 Å². The molecule has 0 atom stereocenters. The average molecular weight is 409 g/mol. The predicted octanol–water partition coefficient (Wildman–Crippen LogP) is 1.40. The topological polar surface area (TPSA) is 83.6 Å². The lowest BCUT2D eigenvalue weighted by Gasteiger charge is -2.36. The fourth-order valence-electron chi connectivity index (χ4n) is 4.01. The van der Waals surface area contributed by atoms with E-state index in [9.17, 15) is 14.7 Å². The lowest BCUT2D eigenvalue weighted by atomic mass is 10.1. The number of piperazine rings is 1. The van der Waals surface area contributed by atoms with Crippen LogP contribution in [0.15, 0.2) is 52.2 Å². The summed E-state index contributed by atoms with van der Waals surface area (Å²) in [5, 5.41) is 16.0. The lowest BCUT2D eigenvalue weighted by molar-refractivity contribution is 0.250. The third-order valence-corrected chi connectivity index (χ3v) is 5.80. The summed E-state index contributed by atoms with van der Waals surface area (Å²) >= 11 is 0. The van der Waals surface area contributed by atoms with E-state index in [0.717, 1.165) is 60.9 Å². The van der Waals surface area contributed by atoms with Crippen molar-refractivity contribution in [2.75, 3.05) is 37.6 Å². The van der Waals surface area contributed by atoms with Gasteiger partial charge < -0.3 is 10.0 Å². The van der Waals surface area contributed by atoms with Crippen molar-refractivity contribution < 1.29 is 5.11 Å². The molecule has 3 aromatic rings. The van der Waals surface area contributed by atoms with Gasteiger partial charge in [0.25, 0.3) is 5.56 Å². The minimum absolute atomic E-state index is 0.292. The van der Waals surface area contributed by atoms with Gasteiger partial charge in [0.15, 0.2) is 0 Å². The molecule has 0 saturated carbocycles. The molecule has 1 aromatic heterocycles. The van der Waals surface area contributed by atoms with Gasteiger partial charge in [0, 0.05) is 50.8 Å². The molecule has 1 aliphatic rings. The predicted molar refractivity (Wildman–Crippen MR) is 117 cm³/mol. The molecule has 0 radical (unpaired) electrons. The fourth-order valence-corrected chi connectivity index (χ4v) is 4.01. The Morgan fingerprint density at radius 1 is 1.00 bits per heavy atom. The van der Waals surface area contributed by atoms with Crippen LogP contribution in [0.4, 0.5) is 5.69 Å². The first-order valence-corrected chi connectivity index (χ1v) is 10.3. The molecule has 0 aliphatic carbocycles. The number of aryl methyl sites for hydroxylation is 1. The molecule has 0 spiro atoms. The molecule has 1 saturated heterocycles. The molecule has 4 rings (SSSR count). The van der Waals surface area contributed by atoms with Gasteiger partial charge in [-0.15, -0.1) is 0 Å². The minimum Gasteiger partial charge on any atom is -0.508 e. The van der Waals surface area contributed by atoms with E-state index in [2.05, 4.69) is 33.1 Å². The zero-order valence-corrected chi connectivity index (χ0v) is 17.2. The SMILES string of the molecule is Cn1c(=O)cnn(CCCCN2CCN(c3cccc4ccc(O)cc34)CC2)c1=O. The van der Waals surface area contributed by atoms with Crippen LogP contribution in [0.3, 0.4) is 0 Å². The highest BCUT2D eigenvalue weighted by Crippen LogP contribution is 2.30. The van der Waals surface area contributed by atoms with E-state index < -0.39 is 0 Å². The van der Waals surface area contributed by atoms with Crippen LogP contribution < -0.4 is 16.1 Å². The fraction of sp³-hybridized carbons (Fsp3) is 0.409. The highest BCUT2D eigenvalue weighted by atomic mass is 16.3. The van der Waals surface area contributed by atoms with Gasteiger partial charge in [-0.05, 0) is 43.0 Å². The van der Waals surface area contributed by atoms with E-state index in [1.165, 1.54) is 23.6 Å². The number of aromatic nitrogens is 3. The van der Waals surface area contributed by atoms with Gasteiger partial charge in [-0.25, -0.2) is 9.48 Å². The molecule has 0 bridgehead atoms. The van der Waals surface area contributed by atoms with Crippen LogP contribution in [-0.4, -0.2) is 57.1 Å². The number of aromatic hydroxyl groups is 1. The second-order valence-electron chi connectivity index (χ2n) is 7.77. The summed E-state index contributed by atoms with van der Waals surface area (Å²) in [6.07, 6.45) is 3.00. The number of phenols is 1. The van der Waals surface area contributed by atoms with Crippen molar-refractivity contribution >= 4 is 16.5 Å². The number of benzene rings is 2. The Balaban J connectivity index is 1.29. The van der Waals surface area contributed by atoms with E-state index in [-0.39, 0.29) is 11.2 Å². The van der Waals surface area contributed by atoms with Gasteiger partial charge >= 0.3 is 5.69 Å². The molecule has 1 N–H and O–H groups in total. The van der Waals surface area contributed by atoms with Gasteiger partial charge in [-0.1, -0.05) is 18.2 Å². The van der Waals surface area contributed by atoms with Crippen LogP contribution in [-0.2, 0) is 13.6 Å². The number of phenolic OH excluding ortho intramolecular Hbond substituents is 1. The van der Waals surface area contributed by atoms with Crippen molar-refractivity contribution in [2.45, 2.75) is 19.4 Å². The quantitative estimate of drug-likeness (QED) is 0.620. The monoisotopic (exact) mass is 409 g/mol. The summed E-state index contributed by atoms with van der Waals surface area (Å²) in [6, 6.07) is 11.8. The summed E-state index contributed by atoms with van der Waals surface area (Å²) in [4.78, 5) is 28.2. The molecule has 0 amide bonds. The first-order chi connectivity index (χ1) is 14.5. The van der Waals surface area contributed by atoms with Gasteiger partial charge in [0.1, 0.15) is 11.9 Å². The minimum atomic E-state index is -0.379. The maximum absolute atomic E-state index is 12.0. The van der Waals surface area contributed by atoms with Crippen LogP contribution in [0, 0.1) is 0 Å². The lowest BCUT2D eigenvalue weighted by Crippen LogP contribution is -2.46. The van der Waals surface area contributed by atoms with Crippen LogP contribution in [0.2, 0.25) is 0 Å². The molecule has 2 heterocycles. The van der Waals surface area contributed by atoms with Crippen molar-refractivity contribution in [1.29, 1.82) is 0 Å². The van der Waals surface area contributed by atoms with Crippen molar-refractivity contribution in [1.82, 2.24) is 19.2 Å². The van der Waals surface area contributed by atoms with Gasteiger partial charge in [0.2, 0.25) is 0 Å². The summed E-state index contributed by atoms with van der Waals surface area (Å²) in [5.74, 6) is 0.292. The summed E-state index contributed by atoms with van der Waals surface area (Å²) < 4.78 is 2.44. The maximum atomic E-state index is 12.0. The normalized spacial score (nSPS) is 15.0. The van der Waals surface area contributed by atoms with E-state index in [0.29, 0.717) is 12.3 Å². The third kappa shape index (κ3) is 4.23. The molecule has 2 aromatic carbocycles. The number of anilines is 1. The molecule has 1 fully saturated rings. The zero-order valence-electron chi connectivity index (χ0n) is 17.2. The Bertz CT molecular complexity index is 1150. The number of fused-ring (bicyclic) bond motifs is 1. The molecule has 0 unspecified atom stereocenters. The Hall–Kier alpha value is -3.13. The number of hydrogen-bond donors (Lipinski definition) is 1. The molecular weight excluding hydrogens is 382 g/mol. The number of nitrogens with zero attached hydrogens (tertiary/aromatic N) is 5. The van der Waals surface area contributed by atoms with Crippen molar-refractivity contribution in [3.8, 4) is 5.75 Å². The first kappa shape index (κ1) is 20.2. The van der Waals surface area contributed by atoms with E-state index in [4.69, 9.17) is 0 Å². The second-order valence-corrected chi connectivity index (χ2v) is 7.77. The first-order valence-electron chi connectivity index (χ1n) is 10.3. The van der Waals surface area contributed by atoms with Crippen LogP contribution in [0.1, 0.15) is 12.8 Å². The van der Waals surface area contributed by atoms with Gasteiger partial charge in [-0.2, -0.15) is 5.10 Å². The Morgan fingerprint density at radius 3 is 2.57 bits per heavy atom. The summed E-state index contributed by atoms with van der Waals surface area (Å²) in [7, 11) is 1.47. The van der Waals surface area contributed by atoms with Gasteiger partial charge in [-0.3, -0.25) is 14.3 Å². The standard InChI is InChI=1S/C22H27N5O3/c1-24-21(29)16-23-27(22(24)30)10-3-2-9-25-11-13-26(14-12-25)20-6-4-5-17-7-8-18(28)15-19(17)20/h4-8,15-16,28H,2-3,9-14H2,1H3. The second kappa shape index (κ2) is 8.71. The number of unbranched alkanes of at least 4 members (excludes halogenated alkanes) is 1. The van der Waals surface area contributed by atoms with Crippen molar-refractivity contribution in [3.05, 3.63) is 63.4 Å². The molecule has 30 heavy (non-hydrogen) atoms. The Kier molecular flexibility index (Phi) is 5.85. The highest BCUT2D eigenvalue weighted by Gasteiger charge is 2.18. The number of rotatable bonds is 6. The molecule has 8 heteroatoms. The largest absolute Gasteiger partial charge is 0.508 e. The molecular formula is C22H27N5O3. The maximum Gasteiger partial charge on any atom is 0.347 e. The Morgan fingerprint density at radius 2 is 1.77 bits per heavy atom. The van der Waals surface area contributed by atoms with Crippen LogP contribution >= 0.6 is 0 Å². The average Bonchev–Trinajstić information content (AvgIpc) is 2.76. The molecule has 158 valence electrons. The zero-order chi connectivity index (χ0) is 21.1. The summed E-state index contributed by atoms with van der Waals surface area (Å²) in [5.41, 5.74) is 0.427. The number of hydrogen-bond acceptors (Lipinski definition) is 6. The van der Waals surface area contributed by atoms with Crippen molar-refractivity contribution in [2.24, 2.45) is 7.05 Å². The molecule has 1 aliphatic heterocycles. The smallest absolute Gasteiger partial charge is 0.347 e. The van der Waals surface area contributed by atoms with Gasteiger partial charge in [0.05, 0.1) is 0 Å². The molecule has 8 nitrogen and oxygen atoms in total. The van der Waals surface area contributed by atoms with Crippen LogP contribution in [0.25, 0.3) is 10.8 Å².